The molecule has 0 aromatic heterocycles. The second kappa shape index (κ2) is 9.38. The van der Waals surface area contributed by atoms with Crippen LogP contribution in [0.4, 0.5) is 0 Å². The summed E-state index contributed by atoms with van der Waals surface area (Å²) in [7, 11) is -5.39. The van der Waals surface area contributed by atoms with Crippen LogP contribution in [0.25, 0.3) is 0 Å². The molecule has 0 amide bonds. The summed E-state index contributed by atoms with van der Waals surface area (Å²) in [6.07, 6.45) is 0. The minimum atomic E-state index is -5.39. The van der Waals surface area contributed by atoms with Gasteiger partial charge in [0.1, 0.15) is 0 Å². The SMILES string of the molecule is O=P([O-])([O-])[O-].[Al+3].[Ge+2].[La+3]. The summed E-state index contributed by atoms with van der Waals surface area (Å²) in [5.41, 5.74) is 0. The van der Waals surface area contributed by atoms with E-state index in [2.05, 4.69) is 0 Å². The molecule has 0 aromatic carbocycles. The van der Waals surface area contributed by atoms with Crippen LogP contribution in [0.2, 0.25) is 0 Å². The molecule has 0 aromatic rings. The van der Waals surface area contributed by atoms with E-state index in [0.717, 1.165) is 0 Å². The summed E-state index contributed by atoms with van der Waals surface area (Å²) in [5, 5.41) is 0. The Kier molecular flexibility index (Phi) is 26.3. The van der Waals surface area contributed by atoms with Crippen LogP contribution < -0.4 is 14.7 Å². The average molecular weight is 333 g/mol. The average Bonchev–Trinajstić information content (AvgIpc) is 0.722. The van der Waals surface area contributed by atoms with Gasteiger partial charge in [0.2, 0.25) is 0 Å². The molecule has 34 valence electrons. The maximum Gasteiger partial charge on any atom is 3.00 e. The Balaban J connectivity index is -0.0000000267. The van der Waals surface area contributed by atoms with E-state index in [0.29, 0.717) is 0 Å². The van der Waals surface area contributed by atoms with Crippen molar-refractivity contribution in [1.82, 2.24) is 0 Å². The van der Waals surface area contributed by atoms with Gasteiger partial charge < -0.3 is 19.2 Å². The van der Waals surface area contributed by atoms with E-state index in [1.54, 1.807) is 0 Å². The van der Waals surface area contributed by atoms with Gasteiger partial charge in [0.25, 0.3) is 0 Å². The van der Waals surface area contributed by atoms with Crippen LogP contribution >= 0.6 is 7.82 Å². The van der Waals surface area contributed by atoms with Crippen LogP contribution in [-0.2, 0) is 4.57 Å². The number of phosphoric acid groups is 1. The van der Waals surface area contributed by atoms with E-state index in [4.69, 9.17) is 19.2 Å². The molecule has 0 atom stereocenters. The van der Waals surface area contributed by atoms with Crippen LogP contribution in [0.15, 0.2) is 0 Å². The molecule has 4 nitrogen and oxygen atoms in total. The van der Waals surface area contributed by atoms with Gasteiger partial charge in [0.15, 0.2) is 0 Å². The molecule has 0 spiro atoms. The van der Waals surface area contributed by atoms with Gasteiger partial charge in [-0.15, -0.1) is 0 Å². The summed E-state index contributed by atoms with van der Waals surface area (Å²) in [6, 6.07) is 0. The third-order valence-corrected chi connectivity index (χ3v) is 0. The molecule has 0 aliphatic heterocycles. The summed E-state index contributed by atoms with van der Waals surface area (Å²) < 4.78 is 8.55. The summed E-state index contributed by atoms with van der Waals surface area (Å²) in [4.78, 5) is 25.6. The van der Waals surface area contributed by atoms with Gasteiger partial charge in [-0.1, -0.05) is 0 Å². The first kappa shape index (κ1) is 22.4. The van der Waals surface area contributed by atoms with Crippen LogP contribution in [0.5, 0.6) is 0 Å². The zero-order valence-electron chi connectivity index (χ0n) is 3.73. The fourth-order valence-corrected chi connectivity index (χ4v) is 0. The molecule has 0 rings (SSSR count). The van der Waals surface area contributed by atoms with Crippen LogP contribution in [0.3, 0.4) is 0 Å². The summed E-state index contributed by atoms with van der Waals surface area (Å²) in [6.45, 7) is 0. The fourth-order valence-electron chi connectivity index (χ4n) is 0. The summed E-state index contributed by atoms with van der Waals surface area (Å²) >= 11 is 0. The van der Waals surface area contributed by atoms with Gasteiger partial charge in [0, 0.05) is 0 Å². The Labute approximate surface area is 96.4 Å². The van der Waals surface area contributed by atoms with Crippen molar-refractivity contribution in [3.63, 3.8) is 0 Å². The Morgan fingerprint density at radius 1 is 1.12 bits per heavy atom. The minimum absolute atomic E-state index is 0. The number of rotatable bonds is 0. The van der Waals surface area contributed by atoms with Crippen molar-refractivity contribution < 1.29 is 54.8 Å². The molecule has 0 N–H and O–H groups in total. The van der Waals surface area contributed by atoms with E-state index < -0.39 is 7.82 Å². The predicted octanol–water partition coefficient (Wildman–Crippen LogP) is -3.59. The standard InChI is InChI=1S/Al.Ge.La.H3O4P/c;;;1-5(2,3)4/h;;;(H3,1,2,3,4)/q+3;+2;+3;/p-3. The summed E-state index contributed by atoms with van der Waals surface area (Å²) in [5.74, 6) is 0. The minimum Gasteiger partial charge on any atom is -0.822 e. The maximum atomic E-state index is 8.55. The number of hydrogen-bond acceptors (Lipinski definition) is 4. The predicted molar refractivity (Wildman–Crippen MR) is 19.1 cm³/mol. The molecule has 8 heavy (non-hydrogen) atoms. The topological polar surface area (TPSA) is 86.2 Å². The Morgan fingerprint density at radius 2 is 1.12 bits per heavy atom. The van der Waals surface area contributed by atoms with Gasteiger partial charge in [-0.3, -0.25) is 0 Å². The fraction of sp³-hybridized carbons (Fsp3) is 0. The zero-order chi connectivity index (χ0) is 4.50. The van der Waals surface area contributed by atoms with Gasteiger partial charge >= 0.3 is 70.6 Å². The van der Waals surface area contributed by atoms with E-state index in [1.807, 2.05) is 0 Å². The Morgan fingerprint density at radius 3 is 1.12 bits per heavy atom. The second-order valence-corrected chi connectivity index (χ2v) is 1.34. The maximum absolute atomic E-state index is 8.55. The van der Waals surface area contributed by atoms with Crippen molar-refractivity contribution in [3.8, 4) is 0 Å². The first-order valence-electron chi connectivity index (χ1n) is 0.730. The molecule has 0 aliphatic rings. The van der Waals surface area contributed by atoms with E-state index in [1.165, 1.54) is 0 Å². The first-order chi connectivity index (χ1) is 2.00. The van der Waals surface area contributed by atoms with Crippen molar-refractivity contribution in [3.05, 3.63) is 0 Å². The molecular formula is AlGeLaO4P+5. The van der Waals surface area contributed by atoms with Crippen molar-refractivity contribution in [2.45, 2.75) is 0 Å². The van der Waals surface area contributed by atoms with E-state index in [9.17, 15) is 0 Å². The largest absolute Gasteiger partial charge is 3.00 e. The molecule has 0 bridgehead atoms. The van der Waals surface area contributed by atoms with Crippen molar-refractivity contribution in [1.29, 1.82) is 0 Å². The molecule has 0 fully saturated rings. The monoisotopic (exact) mass is 335 g/mol. The molecule has 0 aliphatic carbocycles. The molecule has 0 unspecified atom stereocenters. The smallest absolute Gasteiger partial charge is 0.822 e. The van der Waals surface area contributed by atoms with Gasteiger partial charge in [-0.25, -0.2) is 0 Å². The molecular weight excluding hydrogens is 333 g/mol. The normalized spacial score (nSPS) is 7.38. The van der Waals surface area contributed by atoms with Gasteiger partial charge in [-0.2, -0.15) is 7.82 Å². The zero-order valence-corrected chi connectivity index (χ0v) is 11.5. The third-order valence-electron chi connectivity index (χ3n) is 0. The second-order valence-electron chi connectivity index (χ2n) is 0.447. The molecule has 0 saturated carbocycles. The molecule has 2 radical (unpaired) electrons. The number of hydrogen-bond donors (Lipinski definition) is 0. The quantitative estimate of drug-likeness (QED) is 0.339. The molecule has 8 heteroatoms. The third kappa shape index (κ3) is 80.6. The van der Waals surface area contributed by atoms with Crippen LogP contribution in [0.1, 0.15) is 0 Å². The molecule has 0 saturated heterocycles. The van der Waals surface area contributed by atoms with Gasteiger partial charge in [0.05, 0.1) is 0 Å². The molecule has 0 heterocycles. The van der Waals surface area contributed by atoms with Crippen LogP contribution in [-0.4, -0.2) is 35.0 Å². The first-order valence-corrected chi connectivity index (χ1v) is 2.19. The van der Waals surface area contributed by atoms with Crippen molar-refractivity contribution in [2.24, 2.45) is 0 Å². The van der Waals surface area contributed by atoms with Gasteiger partial charge in [-0.05, 0) is 0 Å². The van der Waals surface area contributed by atoms with Crippen molar-refractivity contribution in [2.75, 3.05) is 0 Å². The Hall–Kier alpha value is 2.38. The van der Waals surface area contributed by atoms with E-state index >= 15 is 0 Å². The Bertz CT molecular complexity index is 62.2. The van der Waals surface area contributed by atoms with Crippen molar-refractivity contribution >= 4 is 42.8 Å². The van der Waals surface area contributed by atoms with Crippen LogP contribution in [0, 0.1) is 35.6 Å². The van der Waals surface area contributed by atoms with E-state index in [-0.39, 0.29) is 70.6 Å².